The number of hydrogen-bond donors (Lipinski definition) is 1. The average molecular weight is 297 g/mol. The summed E-state index contributed by atoms with van der Waals surface area (Å²) >= 11 is 6.17. The summed E-state index contributed by atoms with van der Waals surface area (Å²) in [6, 6.07) is 4.37. The molecule has 4 nitrogen and oxygen atoms in total. The Bertz CT molecular complexity index is 445. The predicted octanol–water partition coefficient (Wildman–Crippen LogP) is 2.79. The van der Waals surface area contributed by atoms with E-state index in [0.29, 0.717) is 29.5 Å². The van der Waals surface area contributed by atoms with Crippen LogP contribution in [0.25, 0.3) is 0 Å². The molecule has 3 rings (SSSR count). The third kappa shape index (κ3) is 4.08. The first kappa shape index (κ1) is 14.1. The molecule has 1 aromatic rings. The number of aromatic nitrogens is 1. The molecule has 0 aromatic carbocycles. The molecule has 0 bridgehead atoms. The molecule has 5 heteroatoms. The Labute approximate surface area is 124 Å². The molecule has 2 fully saturated rings. The van der Waals surface area contributed by atoms with E-state index in [1.165, 1.54) is 12.8 Å². The van der Waals surface area contributed by atoms with Crippen LogP contribution in [0, 0.1) is 5.92 Å². The van der Waals surface area contributed by atoms with Gasteiger partial charge in [0.1, 0.15) is 0 Å². The van der Waals surface area contributed by atoms with Crippen LogP contribution >= 0.6 is 11.6 Å². The lowest BCUT2D eigenvalue weighted by Crippen LogP contribution is -2.22. The SMILES string of the molecule is Clc1ccc(OCC2CCOCC2)nc1CNC1CC1. The Balaban J connectivity index is 1.53. The molecule has 0 atom stereocenters. The van der Waals surface area contributed by atoms with E-state index >= 15 is 0 Å². The molecule has 20 heavy (non-hydrogen) atoms. The summed E-state index contributed by atoms with van der Waals surface area (Å²) in [5.41, 5.74) is 0.878. The summed E-state index contributed by atoms with van der Waals surface area (Å²) in [5, 5.41) is 4.13. The van der Waals surface area contributed by atoms with Crippen LogP contribution < -0.4 is 10.1 Å². The maximum Gasteiger partial charge on any atom is 0.213 e. The first-order valence-corrected chi connectivity index (χ1v) is 7.78. The van der Waals surface area contributed by atoms with Crippen LogP contribution in [-0.2, 0) is 11.3 Å². The molecule has 1 aliphatic heterocycles. The van der Waals surface area contributed by atoms with Crippen molar-refractivity contribution in [1.29, 1.82) is 0 Å². The van der Waals surface area contributed by atoms with Crippen molar-refractivity contribution in [2.24, 2.45) is 5.92 Å². The van der Waals surface area contributed by atoms with Gasteiger partial charge >= 0.3 is 0 Å². The van der Waals surface area contributed by atoms with Crippen molar-refractivity contribution < 1.29 is 9.47 Å². The third-order valence-electron chi connectivity index (χ3n) is 3.84. The van der Waals surface area contributed by atoms with Crippen molar-refractivity contribution in [2.75, 3.05) is 19.8 Å². The standard InChI is InChI=1S/C15H21ClN2O2/c16-13-3-4-15(18-14(13)9-17-12-1-2-12)20-10-11-5-7-19-8-6-11/h3-4,11-12,17H,1-2,5-10H2. The zero-order chi connectivity index (χ0) is 13.8. The highest BCUT2D eigenvalue weighted by molar-refractivity contribution is 6.31. The maximum atomic E-state index is 6.17. The fourth-order valence-corrected chi connectivity index (χ4v) is 2.49. The summed E-state index contributed by atoms with van der Waals surface area (Å²) in [5.74, 6) is 1.25. The molecule has 0 radical (unpaired) electrons. The molecule has 1 aromatic heterocycles. The zero-order valence-electron chi connectivity index (χ0n) is 11.6. The molecule has 1 saturated heterocycles. The number of halogens is 1. The molecular formula is C15H21ClN2O2. The fraction of sp³-hybridized carbons (Fsp3) is 0.667. The van der Waals surface area contributed by atoms with E-state index in [1.54, 1.807) is 0 Å². The smallest absolute Gasteiger partial charge is 0.213 e. The van der Waals surface area contributed by atoms with E-state index in [1.807, 2.05) is 12.1 Å². The lowest BCUT2D eigenvalue weighted by atomic mass is 10.0. The van der Waals surface area contributed by atoms with Gasteiger partial charge < -0.3 is 14.8 Å². The normalized spacial score (nSPS) is 20.1. The Hall–Kier alpha value is -0.840. The molecule has 1 N–H and O–H groups in total. The average Bonchev–Trinajstić information content (AvgIpc) is 3.30. The molecule has 1 saturated carbocycles. The molecule has 0 amide bonds. The Morgan fingerprint density at radius 1 is 1.25 bits per heavy atom. The highest BCUT2D eigenvalue weighted by atomic mass is 35.5. The second kappa shape index (κ2) is 6.74. The molecule has 2 heterocycles. The second-order valence-electron chi connectivity index (χ2n) is 5.60. The van der Waals surface area contributed by atoms with Gasteiger partial charge in [-0.1, -0.05) is 11.6 Å². The predicted molar refractivity (Wildman–Crippen MR) is 78.1 cm³/mol. The quantitative estimate of drug-likeness (QED) is 0.877. The number of rotatable bonds is 6. The van der Waals surface area contributed by atoms with E-state index in [0.717, 1.165) is 38.3 Å². The van der Waals surface area contributed by atoms with Crippen LogP contribution in [0.2, 0.25) is 5.02 Å². The highest BCUT2D eigenvalue weighted by Gasteiger charge is 2.21. The van der Waals surface area contributed by atoms with Crippen molar-refractivity contribution in [3.63, 3.8) is 0 Å². The Morgan fingerprint density at radius 3 is 2.80 bits per heavy atom. The summed E-state index contributed by atoms with van der Waals surface area (Å²) in [6.07, 6.45) is 4.67. The fourth-order valence-electron chi connectivity index (χ4n) is 2.31. The van der Waals surface area contributed by atoms with Gasteiger partial charge in [-0.05, 0) is 37.7 Å². The minimum Gasteiger partial charge on any atom is -0.477 e. The van der Waals surface area contributed by atoms with Gasteiger partial charge in [-0.2, -0.15) is 0 Å². The number of pyridine rings is 1. The van der Waals surface area contributed by atoms with Gasteiger partial charge in [0.05, 0.1) is 17.3 Å². The summed E-state index contributed by atoms with van der Waals surface area (Å²) < 4.78 is 11.2. The van der Waals surface area contributed by atoms with Crippen molar-refractivity contribution in [3.8, 4) is 5.88 Å². The molecule has 0 spiro atoms. The lowest BCUT2D eigenvalue weighted by Gasteiger charge is -2.21. The van der Waals surface area contributed by atoms with Gasteiger partial charge in [0.25, 0.3) is 0 Å². The van der Waals surface area contributed by atoms with Crippen LogP contribution in [-0.4, -0.2) is 30.8 Å². The van der Waals surface area contributed by atoms with Crippen molar-refractivity contribution in [1.82, 2.24) is 10.3 Å². The molecule has 110 valence electrons. The number of nitrogens with one attached hydrogen (secondary N) is 1. The second-order valence-corrected chi connectivity index (χ2v) is 6.01. The Kier molecular flexibility index (Phi) is 4.76. The topological polar surface area (TPSA) is 43.4 Å². The Morgan fingerprint density at radius 2 is 2.05 bits per heavy atom. The van der Waals surface area contributed by atoms with Gasteiger partial charge in [-0.25, -0.2) is 4.98 Å². The minimum atomic E-state index is 0.578. The van der Waals surface area contributed by atoms with Crippen LogP contribution in [0.15, 0.2) is 12.1 Å². The van der Waals surface area contributed by atoms with E-state index in [-0.39, 0.29) is 0 Å². The lowest BCUT2D eigenvalue weighted by molar-refractivity contribution is 0.0490. The van der Waals surface area contributed by atoms with Gasteiger partial charge in [-0.15, -0.1) is 0 Å². The van der Waals surface area contributed by atoms with E-state index in [2.05, 4.69) is 10.3 Å². The molecular weight excluding hydrogens is 276 g/mol. The monoisotopic (exact) mass is 296 g/mol. The van der Waals surface area contributed by atoms with E-state index < -0.39 is 0 Å². The molecule has 1 aliphatic carbocycles. The van der Waals surface area contributed by atoms with Gasteiger partial charge in [0.2, 0.25) is 5.88 Å². The van der Waals surface area contributed by atoms with Crippen molar-refractivity contribution in [3.05, 3.63) is 22.8 Å². The van der Waals surface area contributed by atoms with Crippen LogP contribution in [0.3, 0.4) is 0 Å². The minimum absolute atomic E-state index is 0.578. The number of ether oxygens (including phenoxy) is 2. The van der Waals surface area contributed by atoms with Crippen LogP contribution in [0.4, 0.5) is 0 Å². The molecule has 0 unspecified atom stereocenters. The van der Waals surface area contributed by atoms with Crippen molar-refractivity contribution in [2.45, 2.75) is 38.3 Å². The van der Waals surface area contributed by atoms with E-state index in [4.69, 9.17) is 21.1 Å². The summed E-state index contributed by atoms with van der Waals surface area (Å²) in [7, 11) is 0. The third-order valence-corrected chi connectivity index (χ3v) is 4.18. The molecule has 2 aliphatic rings. The van der Waals surface area contributed by atoms with E-state index in [9.17, 15) is 0 Å². The first-order valence-electron chi connectivity index (χ1n) is 7.40. The number of hydrogen-bond acceptors (Lipinski definition) is 4. The summed E-state index contributed by atoms with van der Waals surface area (Å²) in [6.45, 7) is 3.13. The zero-order valence-corrected chi connectivity index (χ0v) is 12.4. The van der Waals surface area contributed by atoms with Gasteiger partial charge in [0, 0.05) is 31.9 Å². The maximum absolute atomic E-state index is 6.17. The van der Waals surface area contributed by atoms with Crippen molar-refractivity contribution >= 4 is 11.6 Å². The first-order chi connectivity index (χ1) is 9.81. The number of nitrogens with zero attached hydrogens (tertiary/aromatic N) is 1. The van der Waals surface area contributed by atoms with Gasteiger partial charge in [-0.3, -0.25) is 0 Å². The largest absolute Gasteiger partial charge is 0.477 e. The summed E-state index contributed by atoms with van der Waals surface area (Å²) in [4.78, 5) is 4.51. The van der Waals surface area contributed by atoms with Crippen LogP contribution in [0.5, 0.6) is 5.88 Å². The highest BCUT2D eigenvalue weighted by Crippen LogP contribution is 2.23. The van der Waals surface area contributed by atoms with Crippen LogP contribution in [0.1, 0.15) is 31.4 Å². The van der Waals surface area contributed by atoms with Gasteiger partial charge in [0.15, 0.2) is 0 Å².